The zero-order valence-electron chi connectivity index (χ0n) is 11.8. The number of benzene rings is 1. The maximum atomic E-state index is 11.3. The predicted octanol–water partition coefficient (Wildman–Crippen LogP) is 3.35. The highest BCUT2D eigenvalue weighted by Crippen LogP contribution is 2.33. The third kappa shape index (κ3) is 3.94. The highest BCUT2D eigenvalue weighted by atomic mass is 16.6. The van der Waals surface area contributed by atoms with Crippen molar-refractivity contribution in [3.05, 3.63) is 33.9 Å². The topological polar surface area (TPSA) is 89.7 Å². The quantitative estimate of drug-likeness (QED) is 0.611. The molecule has 1 unspecified atom stereocenters. The van der Waals surface area contributed by atoms with E-state index in [0.29, 0.717) is 18.4 Å². The first-order valence-electron chi connectivity index (χ1n) is 6.54. The molecular weight excluding hydrogens is 262 g/mol. The van der Waals surface area contributed by atoms with Crippen LogP contribution in [-0.4, -0.2) is 22.1 Å². The van der Waals surface area contributed by atoms with E-state index in [0.717, 1.165) is 0 Å². The number of ether oxygens (including phenoxy) is 1. The van der Waals surface area contributed by atoms with Gasteiger partial charge in [0, 0.05) is 6.07 Å². The summed E-state index contributed by atoms with van der Waals surface area (Å²) < 4.78 is 5.42. The van der Waals surface area contributed by atoms with Crippen LogP contribution in [-0.2, 0) is 4.79 Å². The van der Waals surface area contributed by atoms with Gasteiger partial charge in [-0.1, -0.05) is 19.4 Å². The van der Waals surface area contributed by atoms with Crippen molar-refractivity contribution >= 4 is 11.7 Å². The summed E-state index contributed by atoms with van der Waals surface area (Å²) in [5.41, 5.74) is 0.378. The second-order valence-electron chi connectivity index (χ2n) is 4.83. The highest BCUT2D eigenvalue weighted by molar-refractivity contribution is 5.76. The van der Waals surface area contributed by atoms with Crippen LogP contribution in [0.4, 0.5) is 5.69 Å². The Bertz CT molecular complexity index is 498. The zero-order chi connectivity index (χ0) is 15.3. The Kier molecular flexibility index (Phi) is 5.49. The summed E-state index contributed by atoms with van der Waals surface area (Å²) in [5, 5.41) is 20.2. The van der Waals surface area contributed by atoms with E-state index in [1.165, 1.54) is 18.2 Å². The number of hydrogen-bond acceptors (Lipinski definition) is 4. The predicted molar refractivity (Wildman–Crippen MR) is 74.1 cm³/mol. The minimum absolute atomic E-state index is 0.116. The van der Waals surface area contributed by atoms with Gasteiger partial charge in [0.15, 0.2) is 5.75 Å². The third-order valence-corrected chi connectivity index (χ3v) is 2.82. The number of aliphatic carboxylic acids is 1. The molecule has 0 fully saturated rings. The number of hydrogen-bond donors (Lipinski definition) is 1. The van der Waals surface area contributed by atoms with Crippen LogP contribution in [0.3, 0.4) is 0 Å². The summed E-state index contributed by atoms with van der Waals surface area (Å²) >= 11 is 0. The van der Waals surface area contributed by atoms with Crippen molar-refractivity contribution in [2.75, 3.05) is 0 Å². The maximum Gasteiger partial charge on any atom is 0.310 e. The van der Waals surface area contributed by atoms with Crippen LogP contribution in [0.5, 0.6) is 5.75 Å². The zero-order valence-corrected chi connectivity index (χ0v) is 11.8. The number of nitro groups is 1. The summed E-state index contributed by atoms with van der Waals surface area (Å²) in [7, 11) is 0. The molecule has 0 aliphatic carbocycles. The molecule has 6 nitrogen and oxygen atoms in total. The number of nitrogens with zero attached hydrogens (tertiary/aromatic N) is 1. The molecule has 6 heteroatoms. The van der Waals surface area contributed by atoms with E-state index in [1.807, 2.05) is 6.92 Å². The average Bonchev–Trinajstić information content (AvgIpc) is 2.34. The van der Waals surface area contributed by atoms with Crippen LogP contribution in [0, 0.1) is 10.1 Å². The van der Waals surface area contributed by atoms with Crippen molar-refractivity contribution in [1.82, 2.24) is 0 Å². The summed E-state index contributed by atoms with van der Waals surface area (Å²) in [6, 6.07) is 4.25. The molecule has 0 radical (unpaired) electrons. The molecule has 0 saturated carbocycles. The molecule has 1 aromatic carbocycles. The number of carbonyl (C=O) groups is 1. The number of carboxylic acid groups (broad SMARTS) is 1. The fourth-order valence-corrected chi connectivity index (χ4v) is 1.97. The van der Waals surface area contributed by atoms with E-state index in [2.05, 4.69) is 0 Å². The lowest BCUT2D eigenvalue weighted by Crippen LogP contribution is -2.13. The minimum Gasteiger partial charge on any atom is -0.484 e. The number of rotatable bonds is 7. The molecule has 0 spiro atoms. The van der Waals surface area contributed by atoms with E-state index < -0.39 is 16.8 Å². The lowest BCUT2D eigenvalue weighted by atomic mass is 9.94. The van der Waals surface area contributed by atoms with Crippen molar-refractivity contribution in [3.8, 4) is 5.75 Å². The van der Waals surface area contributed by atoms with Gasteiger partial charge in [-0.2, -0.15) is 0 Å². The Labute approximate surface area is 117 Å². The standard InChI is InChI=1S/C14H19NO5/c1-4-5-11(14(16)17)10-6-7-12(15(18)19)13(8-10)20-9(2)3/h6-9,11H,4-5H2,1-3H3,(H,16,17). The molecular formula is C14H19NO5. The monoisotopic (exact) mass is 281 g/mol. The summed E-state index contributed by atoms with van der Waals surface area (Å²) in [5.74, 6) is -1.49. The molecule has 1 rings (SSSR count). The van der Waals surface area contributed by atoms with Crippen LogP contribution in [0.2, 0.25) is 0 Å². The van der Waals surface area contributed by atoms with Crippen LogP contribution in [0.15, 0.2) is 18.2 Å². The maximum absolute atomic E-state index is 11.3. The molecule has 0 heterocycles. The number of nitro benzene ring substituents is 1. The molecule has 0 aliphatic heterocycles. The van der Waals surface area contributed by atoms with Crippen molar-refractivity contribution in [2.24, 2.45) is 0 Å². The van der Waals surface area contributed by atoms with Gasteiger partial charge >= 0.3 is 11.7 Å². The molecule has 110 valence electrons. The van der Waals surface area contributed by atoms with Crippen molar-refractivity contribution in [1.29, 1.82) is 0 Å². The van der Waals surface area contributed by atoms with Gasteiger partial charge in [-0.3, -0.25) is 14.9 Å². The van der Waals surface area contributed by atoms with E-state index in [9.17, 15) is 20.0 Å². The van der Waals surface area contributed by atoms with Gasteiger partial charge < -0.3 is 9.84 Å². The average molecular weight is 281 g/mol. The van der Waals surface area contributed by atoms with Gasteiger partial charge in [-0.25, -0.2) is 0 Å². The Morgan fingerprint density at radius 3 is 2.55 bits per heavy atom. The van der Waals surface area contributed by atoms with Crippen molar-refractivity contribution in [3.63, 3.8) is 0 Å². The molecule has 1 aromatic rings. The van der Waals surface area contributed by atoms with Gasteiger partial charge in [0.1, 0.15) is 0 Å². The third-order valence-electron chi connectivity index (χ3n) is 2.82. The Morgan fingerprint density at radius 1 is 1.45 bits per heavy atom. The lowest BCUT2D eigenvalue weighted by Gasteiger charge is -2.15. The normalized spacial score (nSPS) is 12.2. The smallest absolute Gasteiger partial charge is 0.310 e. The molecule has 0 aliphatic rings. The molecule has 0 bridgehead atoms. The van der Waals surface area contributed by atoms with E-state index in [1.54, 1.807) is 13.8 Å². The van der Waals surface area contributed by atoms with Gasteiger partial charge in [-0.05, 0) is 31.9 Å². The van der Waals surface area contributed by atoms with Crippen LogP contribution in [0.1, 0.15) is 45.1 Å². The SMILES string of the molecule is CCCC(C(=O)O)c1ccc([N+](=O)[O-])c(OC(C)C)c1. The fourth-order valence-electron chi connectivity index (χ4n) is 1.97. The molecule has 0 saturated heterocycles. The van der Waals surface area contributed by atoms with Gasteiger partial charge in [0.05, 0.1) is 16.9 Å². The molecule has 1 atom stereocenters. The Hall–Kier alpha value is -2.11. The van der Waals surface area contributed by atoms with E-state index in [-0.39, 0.29) is 17.5 Å². The molecule has 1 N–H and O–H groups in total. The first-order chi connectivity index (χ1) is 9.36. The second-order valence-corrected chi connectivity index (χ2v) is 4.83. The Morgan fingerprint density at radius 2 is 2.10 bits per heavy atom. The van der Waals surface area contributed by atoms with Gasteiger partial charge in [0.25, 0.3) is 0 Å². The molecule has 0 amide bonds. The highest BCUT2D eigenvalue weighted by Gasteiger charge is 2.23. The van der Waals surface area contributed by atoms with Crippen LogP contribution in [0.25, 0.3) is 0 Å². The van der Waals surface area contributed by atoms with Crippen molar-refractivity contribution < 1.29 is 19.6 Å². The largest absolute Gasteiger partial charge is 0.484 e. The van der Waals surface area contributed by atoms with Gasteiger partial charge in [-0.15, -0.1) is 0 Å². The first-order valence-corrected chi connectivity index (χ1v) is 6.54. The summed E-state index contributed by atoms with van der Waals surface area (Å²) in [4.78, 5) is 21.7. The lowest BCUT2D eigenvalue weighted by molar-refractivity contribution is -0.386. The summed E-state index contributed by atoms with van der Waals surface area (Å²) in [6.45, 7) is 5.42. The molecule has 20 heavy (non-hydrogen) atoms. The second kappa shape index (κ2) is 6.88. The van der Waals surface area contributed by atoms with Crippen LogP contribution >= 0.6 is 0 Å². The van der Waals surface area contributed by atoms with E-state index in [4.69, 9.17) is 4.74 Å². The van der Waals surface area contributed by atoms with Crippen molar-refractivity contribution in [2.45, 2.75) is 45.6 Å². The minimum atomic E-state index is -0.934. The molecule has 0 aromatic heterocycles. The number of carboxylic acids is 1. The van der Waals surface area contributed by atoms with Gasteiger partial charge in [0.2, 0.25) is 0 Å². The van der Waals surface area contributed by atoms with E-state index >= 15 is 0 Å². The summed E-state index contributed by atoms with van der Waals surface area (Å²) in [6.07, 6.45) is 0.973. The fraction of sp³-hybridized carbons (Fsp3) is 0.500. The first kappa shape index (κ1) is 15.9. The van der Waals surface area contributed by atoms with Crippen LogP contribution < -0.4 is 4.74 Å². The Balaban J connectivity index is 3.22.